The number of aryl methyl sites for hydroxylation is 2. The third-order valence-electron chi connectivity index (χ3n) is 9.43. The maximum absolute atomic E-state index is 14.1. The second kappa shape index (κ2) is 11.9. The molecule has 3 heterocycles. The fraction of sp³-hybridized carbons (Fsp3) is 0.294. The van der Waals surface area contributed by atoms with Crippen molar-refractivity contribution in [3.63, 3.8) is 0 Å². The molecule has 0 amide bonds. The lowest BCUT2D eigenvalue weighted by molar-refractivity contribution is -0.115. The molecule has 2 aliphatic carbocycles. The van der Waals surface area contributed by atoms with Crippen molar-refractivity contribution in [2.75, 3.05) is 21.3 Å². The van der Waals surface area contributed by atoms with Gasteiger partial charge in [-0.05, 0) is 39.2 Å². The third kappa shape index (κ3) is 4.90. The Hall–Kier alpha value is -5.44. The molecular formula is C34H30BrN5O9. The Morgan fingerprint density at radius 3 is 2.37 bits per heavy atom. The molecule has 3 aliphatic rings. The minimum atomic E-state index is -0.785. The molecule has 0 spiro atoms. The van der Waals surface area contributed by atoms with Crippen LogP contribution in [0.4, 0.5) is 0 Å². The number of methoxy groups -OCH3 is 3. The molecular weight excluding hydrogens is 702 g/mol. The summed E-state index contributed by atoms with van der Waals surface area (Å²) in [5, 5.41) is 10.6. The number of fused-ring (bicyclic) bond motifs is 4. The molecule has 0 saturated heterocycles. The fourth-order valence-corrected chi connectivity index (χ4v) is 7.52. The molecule has 2 aromatic carbocycles. The van der Waals surface area contributed by atoms with Gasteiger partial charge in [0, 0.05) is 61.7 Å². The molecule has 252 valence electrons. The molecule has 0 radical (unpaired) electrons. The van der Waals surface area contributed by atoms with Crippen LogP contribution in [0.25, 0.3) is 11.0 Å². The number of benzene rings is 2. The summed E-state index contributed by atoms with van der Waals surface area (Å²) in [6.07, 6.45) is 3.00. The Kier molecular flexibility index (Phi) is 7.81. The van der Waals surface area contributed by atoms with Gasteiger partial charge in [0.25, 0.3) is 5.56 Å². The molecule has 2 aromatic heterocycles. The number of Topliss-reactive ketones (excluding diaryl/α,β-unsaturated/α-hetero) is 1. The largest absolute Gasteiger partial charge is 0.504 e. The van der Waals surface area contributed by atoms with E-state index >= 15 is 0 Å². The molecule has 1 aliphatic heterocycles. The summed E-state index contributed by atoms with van der Waals surface area (Å²) in [5.41, 5.74) is 1.17. The van der Waals surface area contributed by atoms with Gasteiger partial charge in [-0.3, -0.25) is 14.4 Å². The van der Waals surface area contributed by atoms with E-state index in [9.17, 15) is 29.1 Å². The van der Waals surface area contributed by atoms with Crippen molar-refractivity contribution in [1.29, 1.82) is 0 Å². The molecule has 7 rings (SSSR count). The van der Waals surface area contributed by atoms with Crippen LogP contribution >= 0.6 is 15.9 Å². The highest BCUT2D eigenvalue weighted by Gasteiger charge is 2.45. The number of phenolic OH excluding ortho intramolecular Hbond substituents is 1. The Balaban J connectivity index is 1.29. The Labute approximate surface area is 285 Å². The van der Waals surface area contributed by atoms with Crippen molar-refractivity contribution < 1.29 is 28.9 Å². The van der Waals surface area contributed by atoms with Crippen LogP contribution in [-0.2, 0) is 36.1 Å². The number of hydrogen-bond donors (Lipinski definition) is 1. The highest BCUT2D eigenvalue weighted by atomic mass is 79.9. The van der Waals surface area contributed by atoms with E-state index in [0.717, 1.165) is 4.57 Å². The van der Waals surface area contributed by atoms with Gasteiger partial charge in [0.05, 0.1) is 49.4 Å². The lowest BCUT2D eigenvalue weighted by Gasteiger charge is -2.39. The molecule has 0 bridgehead atoms. The third-order valence-corrected chi connectivity index (χ3v) is 10.0. The number of rotatable bonds is 7. The number of carbonyl (C=O) groups excluding carboxylic acids is 2. The number of halogens is 1. The van der Waals surface area contributed by atoms with Crippen molar-refractivity contribution in [3.05, 3.63) is 106 Å². The van der Waals surface area contributed by atoms with E-state index in [0.29, 0.717) is 33.7 Å². The summed E-state index contributed by atoms with van der Waals surface area (Å²) in [7, 11) is 6.00. The predicted molar refractivity (Wildman–Crippen MR) is 180 cm³/mol. The topological polar surface area (TPSA) is 166 Å². The number of ether oxygens (including phenoxy) is 3. The molecule has 0 fully saturated rings. The number of nitrogens with zero attached hydrogens (tertiary/aromatic N) is 5. The number of hydrogen-bond acceptors (Lipinski definition) is 10. The lowest BCUT2D eigenvalue weighted by Crippen LogP contribution is -2.40. The van der Waals surface area contributed by atoms with E-state index < -0.39 is 34.7 Å². The summed E-state index contributed by atoms with van der Waals surface area (Å²) in [5.74, 6) is -0.597. The quantitative estimate of drug-likeness (QED) is 0.220. The first-order valence-corrected chi connectivity index (χ1v) is 16.1. The molecule has 1 N–H and O–H groups in total. The van der Waals surface area contributed by atoms with Gasteiger partial charge in [0.15, 0.2) is 34.6 Å². The zero-order chi connectivity index (χ0) is 34.9. The highest BCUT2D eigenvalue weighted by Crippen LogP contribution is 2.50. The lowest BCUT2D eigenvalue weighted by atomic mass is 9.69. The number of aromatic hydroxyl groups is 1. The van der Waals surface area contributed by atoms with Crippen molar-refractivity contribution >= 4 is 38.5 Å². The maximum atomic E-state index is 14.1. The van der Waals surface area contributed by atoms with Crippen molar-refractivity contribution in [1.82, 2.24) is 23.5 Å². The molecule has 4 aromatic rings. The smallest absolute Gasteiger partial charge is 0.347 e. The fourth-order valence-electron chi connectivity index (χ4n) is 7.07. The highest BCUT2D eigenvalue weighted by molar-refractivity contribution is 9.12. The van der Waals surface area contributed by atoms with Crippen LogP contribution in [0.3, 0.4) is 0 Å². The van der Waals surface area contributed by atoms with Crippen LogP contribution in [-0.4, -0.2) is 61.5 Å². The molecule has 2 atom stereocenters. The minimum Gasteiger partial charge on any atom is -0.504 e. The van der Waals surface area contributed by atoms with Crippen LogP contribution in [0.1, 0.15) is 29.6 Å². The molecule has 49 heavy (non-hydrogen) atoms. The maximum Gasteiger partial charge on any atom is 0.347 e. The Bertz CT molecular complexity index is 2410. The van der Waals surface area contributed by atoms with Gasteiger partial charge in [-0.15, -0.1) is 0 Å². The van der Waals surface area contributed by atoms with E-state index in [2.05, 4.69) is 20.9 Å². The number of ketones is 2. The van der Waals surface area contributed by atoms with Crippen molar-refractivity contribution in [2.45, 2.75) is 37.9 Å². The summed E-state index contributed by atoms with van der Waals surface area (Å²) in [6, 6.07) is 7.25. The van der Waals surface area contributed by atoms with E-state index in [1.165, 1.54) is 47.4 Å². The first kappa shape index (κ1) is 32.1. The van der Waals surface area contributed by atoms with Gasteiger partial charge in [-0.2, -0.15) is 0 Å². The molecule has 15 heteroatoms. The first-order valence-electron chi connectivity index (χ1n) is 15.3. The normalized spacial score (nSPS) is 18.5. The summed E-state index contributed by atoms with van der Waals surface area (Å²) in [6.45, 7) is -0.114. The van der Waals surface area contributed by atoms with Crippen LogP contribution in [0.5, 0.6) is 23.0 Å². The Morgan fingerprint density at radius 2 is 1.67 bits per heavy atom. The number of allylic oxidation sites excluding steroid dienone is 6. The number of aromatic nitrogens is 5. The predicted octanol–water partition coefficient (Wildman–Crippen LogP) is 2.43. The van der Waals surface area contributed by atoms with Crippen LogP contribution < -0.4 is 31.1 Å². The monoisotopic (exact) mass is 731 g/mol. The zero-order valence-electron chi connectivity index (χ0n) is 26.9. The minimum absolute atomic E-state index is 0.00521. The van der Waals surface area contributed by atoms with Gasteiger partial charge in [0.1, 0.15) is 5.69 Å². The van der Waals surface area contributed by atoms with E-state index in [4.69, 9.17) is 14.2 Å². The standard InChI is InChI=1S/C34H30BrN5O9/c1-37-23-15-28(49-4)27(48-3)14-21(23)36-20(32(37)44)8-9-38-33(45)39-10-7-17-22(40(39)34(38)46)12-18-30(25(42)13-19(35)31(18)43)29(17)16-5-6-26(47-2)24(41)11-16/h5-7,11,13-15,22,29,41H,8-10,12H2,1-4H3/t22-,29+/m1/s1. The van der Waals surface area contributed by atoms with Crippen molar-refractivity contribution in [3.8, 4) is 23.0 Å². The van der Waals surface area contributed by atoms with Gasteiger partial charge in [-0.1, -0.05) is 12.1 Å². The molecule has 0 unspecified atom stereocenters. The van der Waals surface area contributed by atoms with Gasteiger partial charge >= 0.3 is 11.4 Å². The number of carbonyl (C=O) groups is 2. The van der Waals surface area contributed by atoms with Gasteiger partial charge < -0.3 is 23.9 Å². The second-order valence-electron chi connectivity index (χ2n) is 11.9. The van der Waals surface area contributed by atoms with E-state index in [-0.39, 0.29) is 64.5 Å². The first-order chi connectivity index (χ1) is 23.5. The molecule has 0 saturated carbocycles. The van der Waals surface area contributed by atoms with Crippen LogP contribution in [0, 0.1) is 0 Å². The van der Waals surface area contributed by atoms with Crippen LogP contribution in [0.2, 0.25) is 0 Å². The van der Waals surface area contributed by atoms with Crippen LogP contribution in [0.15, 0.2) is 78.1 Å². The van der Waals surface area contributed by atoms with Crippen molar-refractivity contribution in [2.24, 2.45) is 7.05 Å². The Morgan fingerprint density at radius 1 is 0.959 bits per heavy atom. The zero-order valence-corrected chi connectivity index (χ0v) is 28.4. The SMILES string of the molecule is COc1ccc([C@H]2C3=CCn4c(=O)n(CCc5nc6cc(OC)c(OC)cc6n(C)c5=O)c(=O)n4[C@@H]3CC3=C2C(=O)C=C(Br)C3=O)cc1O. The van der Waals surface area contributed by atoms with E-state index in [1.807, 2.05) is 0 Å². The summed E-state index contributed by atoms with van der Waals surface area (Å²) >= 11 is 3.21. The van der Waals surface area contributed by atoms with Gasteiger partial charge in [0.2, 0.25) is 0 Å². The van der Waals surface area contributed by atoms with Gasteiger partial charge in [-0.25, -0.2) is 28.5 Å². The summed E-state index contributed by atoms with van der Waals surface area (Å²) < 4.78 is 21.2. The summed E-state index contributed by atoms with van der Waals surface area (Å²) in [4.78, 5) is 72.5. The average Bonchev–Trinajstić information content (AvgIpc) is 3.34. The molecule has 14 nitrogen and oxygen atoms in total. The number of phenols is 1. The van der Waals surface area contributed by atoms with E-state index in [1.54, 1.807) is 37.4 Å². The second-order valence-corrected chi connectivity index (χ2v) is 12.7. The average molecular weight is 733 g/mol.